The van der Waals surface area contributed by atoms with Gasteiger partial charge in [-0.3, -0.25) is 0 Å². The summed E-state index contributed by atoms with van der Waals surface area (Å²) in [6, 6.07) is 31.7. The molecule has 1 aliphatic heterocycles. The molecule has 2 fully saturated rings. The molecule has 1 aliphatic carbocycles. The largest absolute Gasteiger partial charge is 0.496 e. The predicted molar refractivity (Wildman–Crippen MR) is 126 cm³/mol. The van der Waals surface area contributed by atoms with Crippen molar-refractivity contribution >= 4 is 0 Å². The number of hydrogen-bond donors (Lipinski definition) is 2. The van der Waals surface area contributed by atoms with Gasteiger partial charge in [-0.25, -0.2) is 0 Å². The van der Waals surface area contributed by atoms with Gasteiger partial charge in [0.1, 0.15) is 5.75 Å². The number of fused-ring (bicyclic) bond motifs is 1. The van der Waals surface area contributed by atoms with Crippen LogP contribution in [0, 0.1) is 5.92 Å². The van der Waals surface area contributed by atoms with E-state index in [0.29, 0.717) is 30.0 Å². The van der Waals surface area contributed by atoms with E-state index in [1.54, 1.807) is 7.11 Å². The maximum atomic E-state index is 5.60. The lowest BCUT2D eigenvalue weighted by atomic mass is 9.80. The molecule has 4 unspecified atom stereocenters. The maximum Gasteiger partial charge on any atom is 0.123 e. The van der Waals surface area contributed by atoms with Crippen molar-refractivity contribution < 1.29 is 4.74 Å². The minimum Gasteiger partial charge on any atom is -0.496 e. The van der Waals surface area contributed by atoms with Gasteiger partial charge in [-0.2, -0.15) is 0 Å². The predicted octanol–water partition coefficient (Wildman–Crippen LogP) is 5.13. The molecule has 1 heterocycles. The Hall–Kier alpha value is -2.62. The van der Waals surface area contributed by atoms with Crippen LogP contribution in [0.3, 0.4) is 0 Å². The molecule has 1 saturated heterocycles. The fourth-order valence-electron chi connectivity index (χ4n) is 5.83. The smallest absolute Gasteiger partial charge is 0.123 e. The van der Waals surface area contributed by atoms with Crippen molar-refractivity contribution in [3.8, 4) is 5.75 Å². The summed E-state index contributed by atoms with van der Waals surface area (Å²) in [6.45, 7) is 0.826. The van der Waals surface area contributed by atoms with Crippen LogP contribution in [0.25, 0.3) is 0 Å². The number of rotatable bonds is 7. The van der Waals surface area contributed by atoms with Gasteiger partial charge in [-0.15, -0.1) is 0 Å². The van der Waals surface area contributed by atoms with Crippen LogP contribution in [0.15, 0.2) is 84.9 Å². The zero-order valence-electron chi connectivity index (χ0n) is 18.2. The van der Waals surface area contributed by atoms with E-state index in [4.69, 9.17) is 4.74 Å². The highest BCUT2D eigenvalue weighted by molar-refractivity contribution is 5.37. The second kappa shape index (κ2) is 9.25. The van der Waals surface area contributed by atoms with Gasteiger partial charge in [0.15, 0.2) is 0 Å². The standard InChI is InChI=1S/C28H32N2O/c1-31-25-18-9-8-15-22(25)19-29-27-23-16-10-17-24(23)30-28(27)26(20-11-4-2-5-12-20)21-13-6-3-7-14-21/h2-9,11-15,18,23-24,26-30H,10,16-17,19H2,1H3. The second-order valence-corrected chi connectivity index (χ2v) is 8.91. The Bertz CT molecular complexity index is 935. The van der Waals surface area contributed by atoms with E-state index in [0.717, 1.165) is 12.3 Å². The first-order valence-electron chi connectivity index (χ1n) is 11.6. The normalized spacial score (nSPS) is 25.0. The number of benzene rings is 3. The molecule has 2 aliphatic rings. The lowest BCUT2D eigenvalue weighted by molar-refractivity contribution is 0.348. The first-order chi connectivity index (χ1) is 15.3. The summed E-state index contributed by atoms with van der Waals surface area (Å²) in [5, 5.41) is 8.04. The third-order valence-corrected chi connectivity index (χ3v) is 7.22. The minimum absolute atomic E-state index is 0.322. The van der Waals surface area contributed by atoms with Crippen LogP contribution >= 0.6 is 0 Å². The van der Waals surface area contributed by atoms with E-state index in [-0.39, 0.29) is 0 Å². The van der Waals surface area contributed by atoms with Gasteiger partial charge in [-0.05, 0) is 36.0 Å². The Morgan fingerprint density at radius 2 is 1.52 bits per heavy atom. The first-order valence-corrected chi connectivity index (χ1v) is 11.6. The maximum absolute atomic E-state index is 5.60. The van der Waals surface area contributed by atoms with Crippen LogP contribution in [-0.2, 0) is 6.54 Å². The van der Waals surface area contributed by atoms with Crippen LogP contribution in [0.1, 0.15) is 41.9 Å². The lowest BCUT2D eigenvalue weighted by Crippen LogP contribution is -2.46. The third kappa shape index (κ3) is 4.13. The molecule has 160 valence electrons. The summed E-state index contributed by atoms with van der Waals surface area (Å²) in [5.41, 5.74) is 3.99. The fourth-order valence-corrected chi connectivity index (χ4v) is 5.83. The lowest BCUT2D eigenvalue weighted by Gasteiger charge is -2.32. The van der Waals surface area contributed by atoms with Gasteiger partial charge in [0.2, 0.25) is 0 Å². The van der Waals surface area contributed by atoms with Crippen LogP contribution in [0.4, 0.5) is 0 Å². The molecule has 2 N–H and O–H groups in total. The van der Waals surface area contributed by atoms with Crippen molar-refractivity contribution in [2.24, 2.45) is 5.92 Å². The first kappa shape index (κ1) is 20.3. The number of nitrogens with one attached hydrogen (secondary N) is 2. The van der Waals surface area contributed by atoms with Crippen molar-refractivity contribution in [1.29, 1.82) is 0 Å². The Kier molecular flexibility index (Phi) is 6.06. The average molecular weight is 413 g/mol. The van der Waals surface area contributed by atoms with Crippen molar-refractivity contribution in [3.63, 3.8) is 0 Å². The summed E-state index contributed by atoms with van der Waals surface area (Å²) in [7, 11) is 1.76. The highest BCUT2D eigenvalue weighted by Crippen LogP contribution is 2.42. The zero-order chi connectivity index (χ0) is 21.0. The van der Waals surface area contributed by atoms with Crippen LogP contribution in [-0.4, -0.2) is 25.2 Å². The molecule has 0 radical (unpaired) electrons. The van der Waals surface area contributed by atoms with E-state index >= 15 is 0 Å². The summed E-state index contributed by atoms with van der Waals surface area (Å²) in [4.78, 5) is 0. The molecular weight excluding hydrogens is 380 g/mol. The van der Waals surface area contributed by atoms with E-state index in [1.807, 2.05) is 6.07 Å². The van der Waals surface area contributed by atoms with Crippen molar-refractivity contribution in [1.82, 2.24) is 10.6 Å². The molecule has 31 heavy (non-hydrogen) atoms. The van der Waals surface area contributed by atoms with Crippen molar-refractivity contribution in [3.05, 3.63) is 102 Å². The quantitative estimate of drug-likeness (QED) is 0.565. The molecule has 3 aromatic rings. The van der Waals surface area contributed by atoms with E-state index in [2.05, 4.69) is 89.5 Å². The molecule has 3 aromatic carbocycles. The molecule has 5 rings (SSSR count). The molecule has 3 nitrogen and oxygen atoms in total. The van der Waals surface area contributed by atoms with E-state index < -0.39 is 0 Å². The van der Waals surface area contributed by atoms with Gasteiger partial charge in [0.25, 0.3) is 0 Å². The number of hydrogen-bond acceptors (Lipinski definition) is 3. The second-order valence-electron chi connectivity index (χ2n) is 8.91. The van der Waals surface area contributed by atoms with Gasteiger partial charge in [0.05, 0.1) is 7.11 Å². The molecule has 1 saturated carbocycles. The summed E-state index contributed by atoms with van der Waals surface area (Å²) < 4.78 is 5.60. The third-order valence-electron chi connectivity index (χ3n) is 7.22. The number of methoxy groups -OCH3 is 1. The van der Waals surface area contributed by atoms with Crippen LogP contribution in [0.2, 0.25) is 0 Å². The van der Waals surface area contributed by atoms with E-state index in [9.17, 15) is 0 Å². The summed E-state index contributed by atoms with van der Waals surface area (Å²) in [6.07, 6.45) is 3.90. The van der Waals surface area contributed by atoms with Gasteiger partial charge < -0.3 is 15.4 Å². The molecular formula is C28H32N2O. The average Bonchev–Trinajstić information content (AvgIpc) is 3.41. The monoisotopic (exact) mass is 412 g/mol. The minimum atomic E-state index is 0.322. The number of para-hydroxylation sites is 1. The Balaban J connectivity index is 1.47. The van der Waals surface area contributed by atoms with Crippen LogP contribution < -0.4 is 15.4 Å². The topological polar surface area (TPSA) is 33.3 Å². The van der Waals surface area contributed by atoms with Gasteiger partial charge >= 0.3 is 0 Å². The van der Waals surface area contributed by atoms with Crippen molar-refractivity contribution in [2.75, 3.05) is 7.11 Å². The highest BCUT2D eigenvalue weighted by atomic mass is 16.5. The van der Waals surface area contributed by atoms with Crippen LogP contribution in [0.5, 0.6) is 5.75 Å². The molecule has 0 aromatic heterocycles. The molecule has 0 bridgehead atoms. The highest BCUT2D eigenvalue weighted by Gasteiger charge is 2.48. The Morgan fingerprint density at radius 1 is 0.871 bits per heavy atom. The summed E-state index contributed by atoms with van der Waals surface area (Å²) in [5.74, 6) is 1.96. The van der Waals surface area contributed by atoms with Gasteiger partial charge in [0, 0.05) is 36.2 Å². The molecule has 0 spiro atoms. The molecule has 3 heteroatoms. The Labute approximate surface area is 185 Å². The Morgan fingerprint density at radius 3 is 2.19 bits per heavy atom. The number of ether oxygens (including phenoxy) is 1. The van der Waals surface area contributed by atoms with Gasteiger partial charge in [-0.1, -0.05) is 85.3 Å². The molecule has 0 amide bonds. The molecule has 4 atom stereocenters. The zero-order valence-corrected chi connectivity index (χ0v) is 18.2. The van der Waals surface area contributed by atoms with E-state index in [1.165, 1.54) is 36.0 Å². The SMILES string of the molecule is COc1ccccc1CNC1C2CCCC2NC1C(c1ccccc1)c1ccccc1. The van der Waals surface area contributed by atoms with Crippen molar-refractivity contribution in [2.45, 2.75) is 49.9 Å². The summed E-state index contributed by atoms with van der Waals surface area (Å²) >= 11 is 0. The fraction of sp³-hybridized carbons (Fsp3) is 0.357.